The topological polar surface area (TPSA) is 32.3 Å². The van der Waals surface area contributed by atoms with Gasteiger partial charge in [0.15, 0.2) is 0 Å². The van der Waals surface area contributed by atoms with E-state index in [0.29, 0.717) is 0 Å². The number of aliphatic hydroxyl groups excluding tert-OH is 1. The van der Waals surface area contributed by atoms with Gasteiger partial charge in [0.1, 0.15) is 0 Å². The van der Waals surface area contributed by atoms with Crippen LogP contribution in [0, 0.1) is 0 Å². The smallest absolute Gasteiger partial charge is 0.0681 e. The molecule has 1 rings (SSSR count). The zero-order valence-corrected chi connectivity index (χ0v) is 10.5. The normalized spacial score (nSPS) is 10.4. The molecule has 0 saturated carbocycles. The van der Waals surface area contributed by atoms with E-state index in [1.54, 1.807) is 0 Å². The van der Waals surface area contributed by atoms with Crippen molar-refractivity contribution in [2.24, 2.45) is 0 Å². The summed E-state index contributed by atoms with van der Waals surface area (Å²) in [5, 5.41) is 12.4. The van der Waals surface area contributed by atoms with Crippen molar-refractivity contribution in [3.05, 3.63) is 48.0 Å². The average molecular weight is 233 g/mol. The minimum atomic E-state index is 0.122. The first kappa shape index (κ1) is 13.9. The molecule has 2 nitrogen and oxygen atoms in total. The van der Waals surface area contributed by atoms with Gasteiger partial charge in [0.25, 0.3) is 0 Å². The SMILES string of the molecule is C=CCCCCCNCc1ccc(CO)cc1. The molecular formula is C15H23NO. The molecule has 0 aliphatic carbocycles. The number of aliphatic hydroxyl groups is 1. The first-order chi connectivity index (χ1) is 8.36. The molecule has 0 bridgehead atoms. The summed E-state index contributed by atoms with van der Waals surface area (Å²) in [6.07, 6.45) is 6.85. The number of rotatable bonds is 9. The van der Waals surface area contributed by atoms with Crippen LogP contribution in [0.5, 0.6) is 0 Å². The van der Waals surface area contributed by atoms with Crippen molar-refractivity contribution >= 4 is 0 Å². The van der Waals surface area contributed by atoms with Crippen LogP contribution in [-0.4, -0.2) is 11.7 Å². The fourth-order valence-corrected chi connectivity index (χ4v) is 1.71. The fourth-order valence-electron chi connectivity index (χ4n) is 1.71. The molecular weight excluding hydrogens is 210 g/mol. The van der Waals surface area contributed by atoms with Gasteiger partial charge in [-0.25, -0.2) is 0 Å². The van der Waals surface area contributed by atoms with Gasteiger partial charge < -0.3 is 10.4 Å². The Bertz CT molecular complexity index is 305. The summed E-state index contributed by atoms with van der Waals surface area (Å²) < 4.78 is 0. The first-order valence-electron chi connectivity index (χ1n) is 6.37. The van der Waals surface area contributed by atoms with E-state index < -0.39 is 0 Å². The van der Waals surface area contributed by atoms with E-state index in [9.17, 15) is 0 Å². The number of hydrogen-bond acceptors (Lipinski definition) is 2. The van der Waals surface area contributed by atoms with Gasteiger partial charge in [-0.1, -0.05) is 36.8 Å². The van der Waals surface area contributed by atoms with Gasteiger partial charge in [-0.05, 0) is 36.9 Å². The maximum atomic E-state index is 8.92. The number of allylic oxidation sites excluding steroid dienone is 1. The zero-order chi connectivity index (χ0) is 12.3. The maximum Gasteiger partial charge on any atom is 0.0681 e. The van der Waals surface area contributed by atoms with Gasteiger partial charge in [-0.3, -0.25) is 0 Å². The van der Waals surface area contributed by atoms with Crippen LogP contribution < -0.4 is 5.32 Å². The summed E-state index contributed by atoms with van der Waals surface area (Å²) in [7, 11) is 0. The lowest BCUT2D eigenvalue weighted by Crippen LogP contribution is -2.14. The average Bonchev–Trinajstić information content (AvgIpc) is 2.38. The Balaban J connectivity index is 2.07. The highest BCUT2D eigenvalue weighted by molar-refractivity contribution is 5.21. The molecule has 0 unspecified atom stereocenters. The van der Waals surface area contributed by atoms with Crippen molar-refractivity contribution in [2.45, 2.75) is 38.8 Å². The predicted molar refractivity (Wildman–Crippen MR) is 72.7 cm³/mol. The Morgan fingerprint density at radius 1 is 1.06 bits per heavy atom. The van der Waals surface area contributed by atoms with E-state index in [1.807, 2.05) is 18.2 Å². The summed E-state index contributed by atoms with van der Waals surface area (Å²) in [6, 6.07) is 8.08. The van der Waals surface area contributed by atoms with Crippen LogP contribution in [0.1, 0.15) is 36.8 Å². The summed E-state index contributed by atoms with van der Waals surface area (Å²) in [5.74, 6) is 0. The number of benzene rings is 1. The second kappa shape index (κ2) is 8.97. The van der Waals surface area contributed by atoms with Crippen LogP contribution in [0.2, 0.25) is 0 Å². The molecule has 0 aliphatic rings. The number of hydrogen-bond donors (Lipinski definition) is 2. The Kier molecular flexibility index (Phi) is 7.35. The molecule has 1 aromatic rings. The lowest BCUT2D eigenvalue weighted by atomic mass is 10.1. The van der Waals surface area contributed by atoms with Crippen LogP contribution in [-0.2, 0) is 13.2 Å². The van der Waals surface area contributed by atoms with E-state index in [2.05, 4.69) is 24.0 Å². The molecule has 2 N–H and O–H groups in total. The second-order valence-corrected chi connectivity index (χ2v) is 4.29. The second-order valence-electron chi connectivity index (χ2n) is 4.29. The number of unbranched alkanes of at least 4 members (excludes halogenated alkanes) is 3. The van der Waals surface area contributed by atoms with Crippen LogP contribution in [0.4, 0.5) is 0 Å². The first-order valence-corrected chi connectivity index (χ1v) is 6.37. The highest BCUT2D eigenvalue weighted by Crippen LogP contribution is 2.04. The predicted octanol–water partition coefficient (Wildman–Crippen LogP) is 3.01. The van der Waals surface area contributed by atoms with E-state index in [1.165, 1.54) is 24.8 Å². The summed E-state index contributed by atoms with van der Waals surface area (Å²) in [5.41, 5.74) is 2.24. The minimum Gasteiger partial charge on any atom is -0.392 e. The van der Waals surface area contributed by atoms with Crippen LogP contribution in [0.3, 0.4) is 0 Å². The summed E-state index contributed by atoms with van der Waals surface area (Å²) >= 11 is 0. The molecule has 0 aromatic heterocycles. The molecule has 17 heavy (non-hydrogen) atoms. The maximum absolute atomic E-state index is 8.92. The van der Waals surface area contributed by atoms with Gasteiger partial charge in [-0.2, -0.15) is 0 Å². The molecule has 0 saturated heterocycles. The highest BCUT2D eigenvalue weighted by atomic mass is 16.3. The molecule has 94 valence electrons. The van der Waals surface area contributed by atoms with Crippen LogP contribution in [0.15, 0.2) is 36.9 Å². The molecule has 0 heterocycles. The van der Waals surface area contributed by atoms with Gasteiger partial charge in [-0.15, -0.1) is 6.58 Å². The third-order valence-electron chi connectivity index (χ3n) is 2.80. The van der Waals surface area contributed by atoms with Crippen LogP contribution >= 0.6 is 0 Å². The summed E-state index contributed by atoms with van der Waals surface area (Å²) in [4.78, 5) is 0. The van der Waals surface area contributed by atoms with Crippen molar-refractivity contribution in [3.8, 4) is 0 Å². The van der Waals surface area contributed by atoms with E-state index in [-0.39, 0.29) is 6.61 Å². The standard InChI is InChI=1S/C15H23NO/c1-2-3-4-5-6-11-16-12-14-7-9-15(13-17)10-8-14/h2,7-10,16-17H,1,3-6,11-13H2. The fraction of sp³-hybridized carbons (Fsp3) is 0.467. The Labute approximate surface area is 104 Å². The minimum absolute atomic E-state index is 0.122. The third-order valence-corrected chi connectivity index (χ3v) is 2.80. The van der Waals surface area contributed by atoms with Crippen molar-refractivity contribution < 1.29 is 5.11 Å². The van der Waals surface area contributed by atoms with Crippen molar-refractivity contribution in [1.29, 1.82) is 0 Å². The van der Waals surface area contributed by atoms with Crippen molar-refractivity contribution in [2.75, 3.05) is 6.54 Å². The lowest BCUT2D eigenvalue weighted by molar-refractivity contribution is 0.282. The molecule has 1 aromatic carbocycles. The van der Waals surface area contributed by atoms with Gasteiger partial charge >= 0.3 is 0 Å². The Morgan fingerprint density at radius 3 is 2.41 bits per heavy atom. The van der Waals surface area contributed by atoms with E-state index in [4.69, 9.17) is 5.11 Å². The van der Waals surface area contributed by atoms with Crippen molar-refractivity contribution in [3.63, 3.8) is 0 Å². The molecule has 0 fully saturated rings. The number of nitrogens with one attached hydrogen (secondary N) is 1. The zero-order valence-electron chi connectivity index (χ0n) is 10.5. The molecule has 0 atom stereocenters. The summed E-state index contributed by atoms with van der Waals surface area (Å²) in [6.45, 7) is 5.82. The van der Waals surface area contributed by atoms with E-state index >= 15 is 0 Å². The Morgan fingerprint density at radius 2 is 1.76 bits per heavy atom. The third kappa shape index (κ3) is 6.25. The van der Waals surface area contributed by atoms with Crippen LogP contribution in [0.25, 0.3) is 0 Å². The Hall–Kier alpha value is -1.12. The van der Waals surface area contributed by atoms with Crippen molar-refractivity contribution in [1.82, 2.24) is 5.32 Å². The monoisotopic (exact) mass is 233 g/mol. The van der Waals surface area contributed by atoms with Gasteiger partial charge in [0.05, 0.1) is 6.61 Å². The largest absolute Gasteiger partial charge is 0.392 e. The lowest BCUT2D eigenvalue weighted by Gasteiger charge is -2.05. The highest BCUT2D eigenvalue weighted by Gasteiger charge is 1.94. The molecule has 0 spiro atoms. The van der Waals surface area contributed by atoms with Gasteiger partial charge in [0, 0.05) is 6.54 Å². The van der Waals surface area contributed by atoms with E-state index in [0.717, 1.165) is 25.1 Å². The quantitative estimate of drug-likeness (QED) is 0.507. The molecule has 2 heteroatoms. The molecule has 0 aliphatic heterocycles. The molecule has 0 radical (unpaired) electrons. The molecule has 0 amide bonds. The van der Waals surface area contributed by atoms with Gasteiger partial charge in [0.2, 0.25) is 0 Å².